The summed E-state index contributed by atoms with van der Waals surface area (Å²) in [5.41, 5.74) is 1.54. The number of hydrogen-bond acceptors (Lipinski definition) is 2. The van der Waals surface area contributed by atoms with Gasteiger partial charge in [-0.3, -0.25) is 4.79 Å². The van der Waals surface area contributed by atoms with Crippen LogP contribution in [0.25, 0.3) is 0 Å². The molecule has 0 bridgehead atoms. The second-order valence-electron chi connectivity index (χ2n) is 8.55. The first-order valence-corrected chi connectivity index (χ1v) is 9.33. The molecule has 3 aliphatic carbocycles. The lowest BCUT2D eigenvalue weighted by atomic mass is 9.59. The van der Waals surface area contributed by atoms with E-state index in [0.29, 0.717) is 17.6 Å². The molecule has 22 heavy (non-hydrogen) atoms. The molecule has 124 valence electrons. The minimum Gasteiger partial charge on any atom is -0.393 e. The molecule has 3 aliphatic rings. The average molecular weight is 304 g/mol. The SMILES string of the molecule is CC1CC[C@]2(C)C(O)CCC2C1CCC1=CC(=O)CC[C@H]1C. The van der Waals surface area contributed by atoms with Crippen molar-refractivity contribution in [3.05, 3.63) is 11.6 Å². The highest BCUT2D eigenvalue weighted by Crippen LogP contribution is 2.57. The van der Waals surface area contributed by atoms with E-state index in [4.69, 9.17) is 0 Å². The highest BCUT2D eigenvalue weighted by atomic mass is 16.3. The van der Waals surface area contributed by atoms with Gasteiger partial charge in [0.15, 0.2) is 5.78 Å². The first-order valence-electron chi connectivity index (χ1n) is 9.33. The molecule has 0 radical (unpaired) electrons. The quantitative estimate of drug-likeness (QED) is 0.832. The summed E-state index contributed by atoms with van der Waals surface area (Å²) >= 11 is 0. The normalized spacial score (nSPS) is 45.5. The number of rotatable bonds is 3. The Balaban J connectivity index is 1.69. The molecule has 2 fully saturated rings. The Labute approximate surface area is 135 Å². The number of aliphatic hydroxyl groups excluding tert-OH is 1. The highest BCUT2D eigenvalue weighted by Gasteiger charge is 2.52. The van der Waals surface area contributed by atoms with Crippen LogP contribution in [-0.2, 0) is 4.79 Å². The van der Waals surface area contributed by atoms with Crippen LogP contribution in [0.5, 0.6) is 0 Å². The first-order chi connectivity index (χ1) is 10.4. The topological polar surface area (TPSA) is 37.3 Å². The van der Waals surface area contributed by atoms with Crippen LogP contribution in [-0.4, -0.2) is 17.0 Å². The maximum absolute atomic E-state index is 11.7. The number of ketones is 1. The van der Waals surface area contributed by atoms with Crippen molar-refractivity contribution in [1.29, 1.82) is 0 Å². The molecule has 2 nitrogen and oxygen atoms in total. The number of carbonyl (C=O) groups excluding carboxylic acids is 1. The van der Waals surface area contributed by atoms with Gasteiger partial charge in [0.05, 0.1) is 6.10 Å². The van der Waals surface area contributed by atoms with Gasteiger partial charge in [-0.05, 0) is 80.1 Å². The van der Waals surface area contributed by atoms with Gasteiger partial charge in [-0.25, -0.2) is 0 Å². The predicted molar refractivity (Wildman–Crippen MR) is 89.4 cm³/mol. The fourth-order valence-electron chi connectivity index (χ4n) is 5.55. The molecular formula is C20H32O2. The van der Waals surface area contributed by atoms with E-state index in [9.17, 15) is 9.90 Å². The number of hydrogen-bond donors (Lipinski definition) is 1. The zero-order valence-electron chi connectivity index (χ0n) is 14.5. The Morgan fingerprint density at radius 3 is 2.77 bits per heavy atom. The molecule has 0 aromatic heterocycles. The van der Waals surface area contributed by atoms with Crippen molar-refractivity contribution >= 4 is 5.78 Å². The molecule has 0 aromatic carbocycles. The summed E-state index contributed by atoms with van der Waals surface area (Å²) < 4.78 is 0. The van der Waals surface area contributed by atoms with Gasteiger partial charge in [-0.15, -0.1) is 0 Å². The Hall–Kier alpha value is -0.630. The van der Waals surface area contributed by atoms with Crippen molar-refractivity contribution in [3.63, 3.8) is 0 Å². The van der Waals surface area contributed by atoms with Gasteiger partial charge in [0.2, 0.25) is 0 Å². The van der Waals surface area contributed by atoms with E-state index in [1.807, 2.05) is 6.08 Å². The van der Waals surface area contributed by atoms with E-state index in [2.05, 4.69) is 20.8 Å². The zero-order chi connectivity index (χ0) is 15.9. The maximum Gasteiger partial charge on any atom is 0.155 e. The smallest absolute Gasteiger partial charge is 0.155 e. The molecule has 0 amide bonds. The monoisotopic (exact) mass is 304 g/mol. The molecule has 0 heterocycles. The maximum atomic E-state index is 11.7. The summed E-state index contributed by atoms with van der Waals surface area (Å²) in [7, 11) is 0. The first kappa shape index (κ1) is 16.2. The number of fused-ring (bicyclic) bond motifs is 1. The van der Waals surface area contributed by atoms with Crippen LogP contribution in [0.15, 0.2) is 11.6 Å². The van der Waals surface area contributed by atoms with Crippen molar-refractivity contribution in [2.75, 3.05) is 0 Å². The lowest BCUT2D eigenvalue weighted by Gasteiger charge is -2.47. The Morgan fingerprint density at radius 1 is 1.23 bits per heavy atom. The molecule has 3 rings (SSSR count). The van der Waals surface area contributed by atoms with E-state index in [-0.39, 0.29) is 11.5 Å². The molecule has 0 saturated heterocycles. The molecule has 2 saturated carbocycles. The van der Waals surface area contributed by atoms with Gasteiger partial charge in [0.1, 0.15) is 0 Å². The Bertz CT molecular complexity index is 466. The van der Waals surface area contributed by atoms with Crippen molar-refractivity contribution in [3.8, 4) is 0 Å². The summed E-state index contributed by atoms with van der Waals surface area (Å²) in [6, 6.07) is 0. The van der Waals surface area contributed by atoms with Crippen LogP contribution in [0.1, 0.15) is 72.1 Å². The number of carbonyl (C=O) groups is 1. The van der Waals surface area contributed by atoms with Crippen LogP contribution < -0.4 is 0 Å². The summed E-state index contributed by atoms with van der Waals surface area (Å²) in [5, 5.41) is 10.4. The minimum absolute atomic E-state index is 0.0955. The van der Waals surface area contributed by atoms with Gasteiger partial charge >= 0.3 is 0 Å². The molecule has 2 heteroatoms. The molecule has 0 aromatic rings. The van der Waals surface area contributed by atoms with Crippen molar-refractivity contribution in [2.24, 2.45) is 29.1 Å². The second-order valence-corrected chi connectivity index (χ2v) is 8.55. The van der Waals surface area contributed by atoms with Gasteiger partial charge in [0.25, 0.3) is 0 Å². The van der Waals surface area contributed by atoms with E-state index in [0.717, 1.165) is 37.5 Å². The summed E-state index contributed by atoms with van der Waals surface area (Å²) in [6.45, 7) is 6.99. The van der Waals surface area contributed by atoms with Gasteiger partial charge in [-0.1, -0.05) is 26.3 Å². The zero-order valence-corrected chi connectivity index (χ0v) is 14.5. The minimum atomic E-state index is -0.0955. The van der Waals surface area contributed by atoms with Gasteiger partial charge < -0.3 is 5.11 Å². The van der Waals surface area contributed by atoms with E-state index >= 15 is 0 Å². The van der Waals surface area contributed by atoms with Crippen LogP contribution in [0, 0.1) is 29.1 Å². The predicted octanol–water partition coefficient (Wildman–Crippen LogP) is 4.52. The molecule has 1 N–H and O–H groups in total. The Kier molecular flexibility index (Phi) is 4.51. The lowest BCUT2D eigenvalue weighted by Crippen LogP contribution is -2.42. The number of allylic oxidation sites excluding steroid dienone is 2. The third-order valence-corrected chi connectivity index (χ3v) is 7.31. The third kappa shape index (κ3) is 2.79. The van der Waals surface area contributed by atoms with Crippen molar-refractivity contribution < 1.29 is 9.90 Å². The van der Waals surface area contributed by atoms with Crippen molar-refractivity contribution in [2.45, 2.75) is 78.2 Å². The second kappa shape index (κ2) is 6.11. The number of aliphatic hydroxyl groups is 1. The standard InChI is InChI=1S/C20H32O2/c1-13-4-6-16(21)12-15(13)5-7-17-14(2)10-11-20(3)18(17)8-9-19(20)22/h12-14,17-19,22H,4-11H2,1-3H3/t13-,14?,17?,18?,19?,20+/m1/s1. The van der Waals surface area contributed by atoms with Crippen LogP contribution in [0.3, 0.4) is 0 Å². The lowest BCUT2D eigenvalue weighted by molar-refractivity contribution is -0.115. The summed E-state index contributed by atoms with van der Waals surface area (Å²) in [4.78, 5) is 11.7. The third-order valence-electron chi connectivity index (χ3n) is 7.31. The van der Waals surface area contributed by atoms with Crippen LogP contribution in [0.2, 0.25) is 0 Å². The fraction of sp³-hybridized carbons (Fsp3) is 0.850. The Morgan fingerprint density at radius 2 is 2.00 bits per heavy atom. The molecule has 0 spiro atoms. The summed E-state index contributed by atoms with van der Waals surface area (Å²) in [5.74, 6) is 3.07. The highest BCUT2D eigenvalue weighted by molar-refractivity contribution is 5.91. The van der Waals surface area contributed by atoms with Gasteiger partial charge in [0, 0.05) is 6.42 Å². The van der Waals surface area contributed by atoms with E-state index in [1.165, 1.54) is 31.3 Å². The van der Waals surface area contributed by atoms with E-state index in [1.54, 1.807) is 0 Å². The van der Waals surface area contributed by atoms with Gasteiger partial charge in [-0.2, -0.15) is 0 Å². The van der Waals surface area contributed by atoms with Crippen LogP contribution in [0.4, 0.5) is 0 Å². The van der Waals surface area contributed by atoms with E-state index < -0.39 is 0 Å². The van der Waals surface area contributed by atoms with Crippen molar-refractivity contribution in [1.82, 2.24) is 0 Å². The summed E-state index contributed by atoms with van der Waals surface area (Å²) in [6.07, 6.45) is 10.5. The molecule has 4 unspecified atom stereocenters. The molecular weight excluding hydrogens is 272 g/mol. The largest absolute Gasteiger partial charge is 0.393 e. The van der Waals surface area contributed by atoms with Crippen LogP contribution >= 0.6 is 0 Å². The average Bonchev–Trinajstić information content (AvgIpc) is 2.78. The molecule has 0 aliphatic heterocycles. The molecule has 6 atom stereocenters. The fourth-order valence-corrected chi connectivity index (χ4v) is 5.55.